The van der Waals surface area contributed by atoms with Gasteiger partial charge in [-0.05, 0) is 44.5 Å². The first kappa shape index (κ1) is 17.5. The molecule has 1 unspecified atom stereocenters. The zero-order valence-corrected chi connectivity index (χ0v) is 13.9. The molecule has 1 aromatic carbocycles. The van der Waals surface area contributed by atoms with Crippen molar-refractivity contribution >= 4 is 11.7 Å². The molecule has 0 aliphatic heterocycles. The molecule has 1 rings (SSSR count). The smallest absolute Gasteiger partial charge is 0.307 e. The molecular weight excluding hydrogens is 264 g/mol. The number of esters is 1. The lowest BCUT2D eigenvalue weighted by atomic mass is 9.88. The van der Waals surface area contributed by atoms with Gasteiger partial charge in [0, 0.05) is 19.8 Å². The highest BCUT2D eigenvalue weighted by atomic mass is 16.5. The fourth-order valence-electron chi connectivity index (χ4n) is 2.30. The van der Waals surface area contributed by atoms with Crippen LogP contribution in [0.2, 0.25) is 0 Å². The van der Waals surface area contributed by atoms with Gasteiger partial charge in [0.05, 0.1) is 18.6 Å². The zero-order valence-electron chi connectivity index (χ0n) is 13.9. The minimum Gasteiger partial charge on any atom is -0.466 e. The summed E-state index contributed by atoms with van der Waals surface area (Å²) < 4.78 is 5.11. The molecule has 1 aromatic rings. The molecule has 118 valence electrons. The highest BCUT2D eigenvalue weighted by Gasteiger charge is 2.29. The molecule has 0 amide bonds. The molecule has 0 heterocycles. The van der Waals surface area contributed by atoms with Gasteiger partial charge in [-0.1, -0.05) is 19.1 Å². The predicted molar refractivity (Wildman–Crippen MR) is 87.7 cm³/mol. The molecule has 0 saturated heterocycles. The molecule has 0 radical (unpaired) electrons. The van der Waals surface area contributed by atoms with Crippen LogP contribution in [0.3, 0.4) is 0 Å². The number of anilines is 1. The average molecular weight is 292 g/mol. The lowest BCUT2D eigenvalue weighted by Crippen LogP contribution is -2.42. The van der Waals surface area contributed by atoms with E-state index in [2.05, 4.69) is 48.3 Å². The second-order valence-electron chi connectivity index (χ2n) is 5.68. The first-order chi connectivity index (χ1) is 9.92. The summed E-state index contributed by atoms with van der Waals surface area (Å²) in [6.45, 7) is 7.30. The number of benzene rings is 1. The number of hydrogen-bond acceptors (Lipinski definition) is 4. The normalized spacial score (nSPS) is 13.6. The molecule has 21 heavy (non-hydrogen) atoms. The van der Waals surface area contributed by atoms with E-state index in [-0.39, 0.29) is 5.97 Å². The summed E-state index contributed by atoms with van der Waals surface area (Å²) in [6, 6.07) is 8.31. The Labute approximate surface area is 128 Å². The van der Waals surface area contributed by atoms with Crippen LogP contribution < -0.4 is 10.2 Å². The van der Waals surface area contributed by atoms with Gasteiger partial charge in [0.25, 0.3) is 0 Å². The molecule has 0 spiro atoms. The third-order valence-electron chi connectivity index (χ3n) is 3.59. The van der Waals surface area contributed by atoms with Gasteiger partial charge >= 0.3 is 5.97 Å². The standard InChI is InChI=1S/C17H28N2O2/c1-6-12-18-17(3,13-16(20)21-7-2)14-8-10-15(11-9-14)19(4)5/h8-11,18H,6-7,12-13H2,1-5H3. The van der Waals surface area contributed by atoms with Crippen LogP contribution in [-0.4, -0.2) is 33.2 Å². The van der Waals surface area contributed by atoms with Crippen LogP contribution in [-0.2, 0) is 15.1 Å². The number of hydrogen-bond donors (Lipinski definition) is 1. The topological polar surface area (TPSA) is 41.6 Å². The van der Waals surface area contributed by atoms with Gasteiger partial charge < -0.3 is 15.0 Å². The Bertz CT molecular complexity index is 443. The van der Waals surface area contributed by atoms with E-state index in [0.29, 0.717) is 13.0 Å². The molecule has 0 aliphatic rings. The fraction of sp³-hybridized carbons (Fsp3) is 0.588. The van der Waals surface area contributed by atoms with E-state index in [4.69, 9.17) is 4.74 Å². The number of ether oxygens (including phenoxy) is 1. The Morgan fingerprint density at radius 2 is 1.86 bits per heavy atom. The van der Waals surface area contributed by atoms with Crippen molar-refractivity contribution in [3.05, 3.63) is 29.8 Å². The predicted octanol–water partition coefficient (Wildman–Crippen LogP) is 2.92. The van der Waals surface area contributed by atoms with Crippen molar-refractivity contribution < 1.29 is 9.53 Å². The van der Waals surface area contributed by atoms with E-state index in [0.717, 1.165) is 24.2 Å². The zero-order chi connectivity index (χ0) is 15.9. The number of nitrogens with zero attached hydrogens (tertiary/aromatic N) is 1. The molecular formula is C17H28N2O2. The van der Waals surface area contributed by atoms with Crippen LogP contribution in [0, 0.1) is 0 Å². The summed E-state index contributed by atoms with van der Waals surface area (Å²) >= 11 is 0. The van der Waals surface area contributed by atoms with E-state index in [1.165, 1.54) is 0 Å². The van der Waals surface area contributed by atoms with Crippen molar-refractivity contribution in [2.45, 2.75) is 39.2 Å². The largest absolute Gasteiger partial charge is 0.466 e. The molecule has 4 nitrogen and oxygen atoms in total. The van der Waals surface area contributed by atoms with Crippen molar-refractivity contribution in [2.24, 2.45) is 0 Å². The molecule has 0 aliphatic carbocycles. The molecule has 4 heteroatoms. The van der Waals surface area contributed by atoms with Crippen LogP contribution in [0.5, 0.6) is 0 Å². The summed E-state index contributed by atoms with van der Waals surface area (Å²) in [6.07, 6.45) is 1.36. The van der Waals surface area contributed by atoms with Crippen molar-refractivity contribution in [2.75, 3.05) is 32.1 Å². The minimum absolute atomic E-state index is 0.166. The summed E-state index contributed by atoms with van der Waals surface area (Å²) in [5, 5.41) is 3.49. The van der Waals surface area contributed by atoms with Gasteiger partial charge in [0.1, 0.15) is 0 Å². The van der Waals surface area contributed by atoms with Gasteiger partial charge in [-0.3, -0.25) is 4.79 Å². The maximum absolute atomic E-state index is 11.9. The molecule has 1 atom stereocenters. The lowest BCUT2D eigenvalue weighted by Gasteiger charge is -2.31. The first-order valence-corrected chi connectivity index (χ1v) is 7.61. The van der Waals surface area contributed by atoms with Crippen LogP contribution in [0.15, 0.2) is 24.3 Å². The van der Waals surface area contributed by atoms with Crippen LogP contribution in [0.1, 0.15) is 39.2 Å². The van der Waals surface area contributed by atoms with E-state index in [1.807, 2.05) is 21.0 Å². The SMILES string of the molecule is CCCNC(C)(CC(=O)OCC)c1ccc(N(C)C)cc1. The van der Waals surface area contributed by atoms with Crippen LogP contribution >= 0.6 is 0 Å². The van der Waals surface area contributed by atoms with E-state index in [9.17, 15) is 4.79 Å². The van der Waals surface area contributed by atoms with Crippen molar-refractivity contribution in [3.8, 4) is 0 Å². The van der Waals surface area contributed by atoms with Gasteiger partial charge in [-0.2, -0.15) is 0 Å². The Morgan fingerprint density at radius 3 is 2.33 bits per heavy atom. The van der Waals surface area contributed by atoms with Crippen molar-refractivity contribution in [1.82, 2.24) is 5.32 Å². The number of carbonyl (C=O) groups excluding carboxylic acids is 1. The Balaban J connectivity index is 2.96. The minimum atomic E-state index is -0.396. The van der Waals surface area contributed by atoms with Crippen LogP contribution in [0.25, 0.3) is 0 Å². The lowest BCUT2D eigenvalue weighted by molar-refractivity contribution is -0.144. The highest BCUT2D eigenvalue weighted by Crippen LogP contribution is 2.27. The van der Waals surface area contributed by atoms with Crippen molar-refractivity contribution in [3.63, 3.8) is 0 Å². The third-order valence-corrected chi connectivity index (χ3v) is 3.59. The summed E-state index contributed by atoms with van der Waals surface area (Å²) in [7, 11) is 4.03. The average Bonchev–Trinajstić information content (AvgIpc) is 2.45. The molecule has 0 bridgehead atoms. The van der Waals surface area contributed by atoms with Gasteiger partial charge in [0.15, 0.2) is 0 Å². The van der Waals surface area contributed by atoms with E-state index >= 15 is 0 Å². The van der Waals surface area contributed by atoms with E-state index in [1.54, 1.807) is 0 Å². The number of nitrogens with one attached hydrogen (secondary N) is 1. The monoisotopic (exact) mass is 292 g/mol. The second-order valence-corrected chi connectivity index (χ2v) is 5.68. The quantitative estimate of drug-likeness (QED) is 0.748. The Morgan fingerprint density at radius 1 is 1.24 bits per heavy atom. The highest BCUT2D eigenvalue weighted by molar-refractivity contribution is 5.71. The fourth-order valence-corrected chi connectivity index (χ4v) is 2.30. The molecule has 0 fully saturated rings. The Hall–Kier alpha value is -1.55. The van der Waals surface area contributed by atoms with Gasteiger partial charge in [0.2, 0.25) is 0 Å². The third kappa shape index (κ3) is 5.05. The van der Waals surface area contributed by atoms with Gasteiger partial charge in [-0.25, -0.2) is 0 Å². The summed E-state index contributed by atoms with van der Waals surface area (Å²) in [5.74, 6) is -0.166. The molecule has 1 N–H and O–H groups in total. The van der Waals surface area contributed by atoms with Crippen LogP contribution in [0.4, 0.5) is 5.69 Å². The first-order valence-electron chi connectivity index (χ1n) is 7.61. The second kappa shape index (κ2) is 8.03. The summed E-state index contributed by atoms with van der Waals surface area (Å²) in [4.78, 5) is 14.0. The van der Waals surface area contributed by atoms with Crippen molar-refractivity contribution in [1.29, 1.82) is 0 Å². The molecule has 0 aromatic heterocycles. The van der Waals surface area contributed by atoms with Gasteiger partial charge in [-0.15, -0.1) is 0 Å². The van der Waals surface area contributed by atoms with E-state index < -0.39 is 5.54 Å². The summed E-state index contributed by atoms with van der Waals surface area (Å²) in [5.41, 5.74) is 1.86. The maximum atomic E-state index is 11.9. The number of carbonyl (C=O) groups is 1. The number of rotatable bonds is 8. The maximum Gasteiger partial charge on any atom is 0.307 e. The molecule has 0 saturated carbocycles. The Kier molecular flexibility index (Phi) is 6.69.